The molecular weight excluding hydrogens is 515 g/mol. The molecule has 0 aliphatic heterocycles. The van der Waals surface area contributed by atoms with Crippen LogP contribution in [-0.4, -0.2) is 32.2 Å². The first-order valence-electron chi connectivity index (χ1n) is 14.0. The lowest BCUT2D eigenvalue weighted by molar-refractivity contribution is -0.191. The molecule has 9 heteroatoms. The highest BCUT2D eigenvalue weighted by Crippen LogP contribution is 2.67. The number of nitrogens with two attached hydrogens (primary N) is 2. The van der Waals surface area contributed by atoms with Crippen molar-refractivity contribution in [1.29, 1.82) is 0 Å². The summed E-state index contributed by atoms with van der Waals surface area (Å²) in [6, 6.07) is 5.04. The van der Waals surface area contributed by atoms with Crippen molar-refractivity contribution in [2.24, 2.45) is 46.3 Å². The summed E-state index contributed by atoms with van der Waals surface area (Å²) in [6.07, 6.45) is 1.46. The summed E-state index contributed by atoms with van der Waals surface area (Å²) in [5, 5.41) is 1.91. The van der Waals surface area contributed by atoms with E-state index in [1.165, 1.54) is 5.01 Å². The highest BCUT2D eigenvalue weighted by molar-refractivity contribution is 6.31. The molecule has 3 fully saturated rings. The third-order valence-corrected chi connectivity index (χ3v) is 10.7. The molecule has 0 amide bonds. The molecule has 0 aromatic heterocycles. The molecule has 1 aromatic carbocycles. The number of Topliss-reactive ketones (excluding diaryl/α,β-unsaturated/α-hetero) is 1. The summed E-state index contributed by atoms with van der Waals surface area (Å²) in [6.45, 7) is 4.73. The minimum atomic E-state index is -4.18. The van der Waals surface area contributed by atoms with E-state index in [1.807, 2.05) is 0 Å². The summed E-state index contributed by atoms with van der Waals surface area (Å²) in [5.74, 6) is 6.68. The molecule has 0 radical (unpaired) electrons. The lowest BCUT2D eigenvalue weighted by Crippen LogP contribution is -2.56. The Morgan fingerprint density at radius 2 is 1.92 bits per heavy atom. The number of carbonyl (C=O) groups excluding carboxylic acids is 1. The zero-order chi connectivity index (χ0) is 27.9. The van der Waals surface area contributed by atoms with E-state index in [1.54, 1.807) is 25.3 Å². The molecule has 3 saturated carbocycles. The number of fused-ring (bicyclic) bond motifs is 3. The van der Waals surface area contributed by atoms with Gasteiger partial charge in [-0.3, -0.25) is 4.79 Å². The van der Waals surface area contributed by atoms with Crippen LogP contribution in [-0.2, 0) is 9.53 Å². The quantitative estimate of drug-likeness (QED) is 0.193. The molecule has 7 atom stereocenters. The van der Waals surface area contributed by atoms with E-state index in [4.69, 9.17) is 27.9 Å². The van der Waals surface area contributed by atoms with Gasteiger partial charge in [-0.2, -0.15) is 13.2 Å². The van der Waals surface area contributed by atoms with Crippen molar-refractivity contribution < 1.29 is 22.7 Å². The van der Waals surface area contributed by atoms with Gasteiger partial charge in [-0.25, -0.2) is 5.84 Å². The van der Waals surface area contributed by atoms with E-state index in [2.05, 4.69) is 13.8 Å². The third-order valence-electron chi connectivity index (χ3n) is 10.5. The fourth-order valence-electron chi connectivity index (χ4n) is 9.07. The second-order valence-electron chi connectivity index (χ2n) is 12.4. The molecular formula is C29H43ClF3N3O2. The van der Waals surface area contributed by atoms with Gasteiger partial charge < -0.3 is 15.5 Å². The SMILES string of the molecule is CCCC1(COC)C2CCC3(C)C(C(=O)CN(N)c4ccc(Cl)cc4N)CCC3C2CC[C@@H]1CC(F)(F)F. The highest BCUT2D eigenvalue weighted by Gasteiger charge is 2.62. The van der Waals surface area contributed by atoms with Crippen LogP contribution in [0.1, 0.15) is 71.6 Å². The van der Waals surface area contributed by atoms with E-state index in [0.717, 1.165) is 44.9 Å². The molecule has 38 heavy (non-hydrogen) atoms. The Morgan fingerprint density at radius 1 is 1.18 bits per heavy atom. The number of nitrogen functional groups attached to an aromatic ring is 1. The summed E-state index contributed by atoms with van der Waals surface area (Å²) < 4.78 is 46.7. The number of nitrogens with zero attached hydrogens (tertiary/aromatic N) is 1. The first-order valence-corrected chi connectivity index (χ1v) is 14.4. The first kappa shape index (κ1) is 29.5. The second-order valence-corrected chi connectivity index (χ2v) is 12.8. The third kappa shape index (κ3) is 5.42. The maximum absolute atomic E-state index is 13.7. The van der Waals surface area contributed by atoms with Crippen LogP contribution in [0.5, 0.6) is 0 Å². The molecule has 214 valence electrons. The summed E-state index contributed by atoms with van der Waals surface area (Å²) >= 11 is 6.01. The van der Waals surface area contributed by atoms with E-state index in [-0.39, 0.29) is 29.6 Å². The van der Waals surface area contributed by atoms with Crippen LogP contribution in [0.15, 0.2) is 18.2 Å². The average Bonchev–Trinajstić information content (AvgIpc) is 3.17. The van der Waals surface area contributed by atoms with Crippen molar-refractivity contribution in [2.45, 2.75) is 77.8 Å². The van der Waals surface area contributed by atoms with Crippen LogP contribution in [0.2, 0.25) is 5.02 Å². The Bertz CT molecular complexity index is 1000. The number of alkyl halides is 3. The largest absolute Gasteiger partial charge is 0.397 e. The van der Waals surface area contributed by atoms with Gasteiger partial charge in [0.1, 0.15) is 0 Å². The van der Waals surface area contributed by atoms with Crippen LogP contribution in [0, 0.1) is 40.4 Å². The van der Waals surface area contributed by atoms with Gasteiger partial charge >= 0.3 is 6.18 Å². The number of carbonyl (C=O) groups is 1. The smallest absolute Gasteiger partial charge is 0.389 e. The molecule has 1 aromatic rings. The zero-order valence-corrected chi connectivity index (χ0v) is 23.6. The summed E-state index contributed by atoms with van der Waals surface area (Å²) in [5.41, 5.74) is 6.43. The number of ketones is 1. The van der Waals surface area contributed by atoms with Gasteiger partial charge in [0.2, 0.25) is 0 Å². The minimum absolute atomic E-state index is 0.0595. The number of halogens is 4. The van der Waals surface area contributed by atoms with Crippen LogP contribution in [0.3, 0.4) is 0 Å². The van der Waals surface area contributed by atoms with Gasteiger partial charge in [0.05, 0.1) is 24.5 Å². The zero-order valence-electron chi connectivity index (χ0n) is 22.8. The monoisotopic (exact) mass is 557 g/mol. The molecule has 6 unspecified atom stereocenters. The van der Waals surface area contributed by atoms with Gasteiger partial charge in [-0.05, 0) is 97.6 Å². The highest BCUT2D eigenvalue weighted by atomic mass is 35.5. The first-order chi connectivity index (χ1) is 17.9. The maximum atomic E-state index is 13.7. The van der Waals surface area contributed by atoms with Crippen molar-refractivity contribution in [2.75, 3.05) is 31.0 Å². The molecule has 0 bridgehead atoms. The number of hydrogen-bond donors (Lipinski definition) is 2. The fraction of sp³-hybridized carbons (Fsp3) is 0.759. The van der Waals surface area contributed by atoms with Crippen molar-refractivity contribution >= 4 is 28.8 Å². The number of methoxy groups -OCH3 is 1. The predicted octanol–water partition coefficient (Wildman–Crippen LogP) is 7.03. The predicted molar refractivity (Wildman–Crippen MR) is 146 cm³/mol. The van der Waals surface area contributed by atoms with Gasteiger partial charge in [0, 0.05) is 24.5 Å². The lowest BCUT2D eigenvalue weighted by Gasteiger charge is -2.60. The Hall–Kier alpha value is -1.51. The van der Waals surface area contributed by atoms with E-state index in [0.29, 0.717) is 41.3 Å². The number of benzene rings is 1. The van der Waals surface area contributed by atoms with Crippen LogP contribution < -0.4 is 16.6 Å². The van der Waals surface area contributed by atoms with E-state index >= 15 is 0 Å². The van der Waals surface area contributed by atoms with Gasteiger partial charge in [-0.1, -0.05) is 31.9 Å². The van der Waals surface area contributed by atoms with Crippen molar-refractivity contribution in [3.8, 4) is 0 Å². The molecule has 0 saturated heterocycles. The number of ether oxygens (including phenoxy) is 1. The molecule has 4 rings (SSSR count). The molecule has 0 heterocycles. The molecule has 5 nitrogen and oxygen atoms in total. The van der Waals surface area contributed by atoms with Gasteiger partial charge in [-0.15, -0.1) is 0 Å². The van der Waals surface area contributed by atoms with Crippen LogP contribution >= 0.6 is 11.6 Å². The van der Waals surface area contributed by atoms with Crippen LogP contribution in [0.4, 0.5) is 24.5 Å². The normalized spacial score (nSPS) is 35.0. The Morgan fingerprint density at radius 3 is 2.55 bits per heavy atom. The minimum Gasteiger partial charge on any atom is -0.397 e. The molecule has 3 aliphatic rings. The topological polar surface area (TPSA) is 81.6 Å². The van der Waals surface area contributed by atoms with Crippen molar-refractivity contribution in [3.05, 3.63) is 23.2 Å². The Balaban J connectivity index is 1.55. The average molecular weight is 558 g/mol. The van der Waals surface area contributed by atoms with E-state index in [9.17, 15) is 18.0 Å². The Kier molecular flexibility index (Phi) is 8.66. The van der Waals surface area contributed by atoms with Crippen molar-refractivity contribution in [3.63, 3.8) is 0 Å². The van der Waals surface area contributed by atoms with E-state index < -0.39 is 23.9 Å². The summed E-state index contributed by atoms with van der Waals surface area (Å²) in [7, 11) is 1.62. The number of rotatable bonds is 9. The van der Waals surface area contributed by atoms with Gasteiger partial charge in [0.25, 0.3) is 0 Å². The van der Waals surface area contributed by atoms with Gasteiger partial charge in [0.15, 0.2) is 5.78 Å². The second kappa shape index (κ2) is 11.2. The van der Waals surface area contributed by atoms with Crippen molar-refractivity contribution in [1.82, 2.24) is 0 Å². The molecule has 3 aliphatic carbocycles. The number of anilines is 2. The Labute approximate surface area is 229 Å². The summed E-state index contributed by atoms with van der Waals surface area (Å²) in [4.78, 5) is 13.6. The number of hydrazine groups is 1. The number of hydrogen-bond acceptors (Lipinski definition) is 5. The van der Waals surface area contributed by atoms with Crippen LogP contribution in [0.25, 0.3) is 0 Å². The lowest BCUT2D eigenvalue weighted by atomic mass is 9.45. The fourth-order valence-corrected chi connectivity index (χ4v) is 9.25. The molecule has 0 spiro atoms. The standard InChI is InChI=1S/C29H43ClF3N3O2/c1-4-12-28(17-38-3)18(15-29(31,32)33)5-7-20-21-8-9-23(27(21,2)13-11-22(20)28)26(37)16-36(35)25-10-6-19(30)14-24(25)34/h6,10,14,18,20-23H,4-5,7-9,11-13,15-17,34-35H2,1-3H3/t18-,20?,21?,22?,23?,27?,28?/m1/s1. The maximum Gasteiger partial charge on any atom is 0.389 e. The molecule has 4 N–H and O–H groups in total.